The number of amides is 3. The molecule has 4 N–H and O–H groups in total. The van der Waals surface area contributed by atoms with Gasteiger partial charge in [-0.1, -0.05) is 43.0 Å². The summed E-state index contributed by atoms with van der Waals surface area (Å²) in [5.41, 5.74) is 1.51. The minimum absolute atomic E-state index is 0.103. The molecule has 0 unspecified atom stereocenters. The van der Waals surface area contributed by atoms with Gasteiger partial charge in [0, 0.05) is 28.5 Å². The van der Waals surface area contributed by atoms with E-state index in [1.807, 2.05) is 30.3 Å². The van der Waals surface area contributed by atoms with E-state index < -0.39 is 0 Å². The number of halogens is 1. The van der Waals surface area contributed by atoms with Crippen LogP contribution >= 0.6 is 22.9 Å². The normalized spacial score (nSPS) is 19.6. The zero-order chi connectivity index (χ0) is 21.6. The van der Waals surface area contributed by atoms with Gasteiger partial charge in [0.1, 0.15) is 4.88 Å². The second kappa shape index (κ2) is 10.5. The molecule has 0 spiro atoms. The predicted octanol–water partition coefficient (Wildman–Crippen LogP) is 5.00. The lowest BCUT2D eigenvalue weighted by Crippen LogP contribution is -2.45. The fraction of sp³-hybridized carbons (Fsp3) is 0.478. The van der Waals surface area contributed by atoms with Crippen LogP contribution in [0.5, 0.6) is 0 Å². The van der Waals surface area contributed by atoms with Crippen LogP contribution in [0.4, 0.5) is 10.5 Å². The summed E-state index contributed by atoms with van der Waals surface area (Å²) in [5.74, 6) is -0.146. The van der Waals surface area contributed by atoms with E-state index in [1.165, 1.54) is 17.8 Å². The average Bonchev–Trinajstić information content (AvgIpc) is 3.19. The van der Waals surface area contributed by atoms with Gasteiger partial charge in [-0.25, -0.2) is 4.79 Å². The fourth-order valence-corrected chi connectivity index (χ4v) is 5.37. The Kier molecular flexibility index (Phi) is 7.48. The molecule has 1 saturated heterocycles. The molecule has 0 radical (unpaired) electrons. The van der Waals surface area contributed by atoms with Gasteiger partial charge in [-0.2, -0.15) is 0 Å². The molecule has 31 heavy (non-hydrogen) atoms. The Hall–Kier alpha value is -2.09. The van der Waals surface area contributed by atoms with E-state index >= 15 is 0 Å². The first-order chi connectivity index (χ1) is 15.1. The van der Waals surface area contributed by atoms with Gasteiger partial charge in [0.25, 0.3) is 5.91 Å². The third-order valence-corrected chi connectivity index (χ3v) is 7.32. The molecule has 6 nitrogen and oxygen atoms in total. The van der Waals surface area contributed by atoms with E-state index in [1.54, 1.807) is 0 Å². The van der Waals surface area contributed by atoms with E-state index in [9.17, 15) is 9.59 Å². The Morgan fingerprint density at radius 3 is 2.42 bits per heavy atom. The maximum Gasteiger partial charge on any atom is 0.319 e. The SMILES string of the molecule is O=C(Nc1cc(-c2ccc(Cl)cc2)sc1C(=O)N[C@H]1CCCNC1)NC1CCCCC1. The van der Waals surface area contributed by atoms with Crippen molar-refractivity contribution in [1.82, 2.24) is 16.0 Å². The Morgan fingerprint density at radius 1 is 0.968 bits per heavy atom. The number of hydrogen-bond donors (Lipinski definition) is 4. The molecule has 166 valence electrons. The van der Waals surface area contributed by atoms with Gasteiger partial charge in [-0.15, -0.1) is 11.3 Å². The average molecular weight is 461 g/mol. The number of carbonyl (C=O) groups excluding carboxylic acids is 2. The standard InChI is InChI=1S/C23H29ClN4O2S/c24-16-10-8-15(9-11-16)20-13-19(28-23(30)27-17-5-2-1-3-6-17)21(31-20)22(29)26-18-7-4-12-25-14-18/h8-11,13,17-18,25H,1-7,12,14H2,(H,26,29)(H2,27,28,30)/t18-/m0/s1. The van der Waals surface area contributed by atoms with Crippen LogP contribution in [0.15, 0.2) is 30.3 Å². The van der Waals surface area contributed by atoms with E-state index in [0.717, 1.165) is 62.1 Å². The first kappa shape index (κ1) is 22.1. The quantitative estimate of drug-likeness (QED) is 0.506. The lowest BCUT2D eigenvalue weighted by molar-refractivity contribution is 0.0935. The van der Waals surface area contributed by atoms with Crippen molar-refractivity contribution in [1.29, 1.82) is 0 Å². The number of thiophene rings is 1. The van der Waals surface area contributed by atoms with Crippen LogP contribution in [-0.2, 0) is 0 Å². The van der Waals surface area contributed by atoms with Crippen molar-refractivity contribution in [2.75, 3.05) is 18.4 Å². The highest BCUT2D eigenvalue weighted by Gasteiger charge is 2.23. The summed E-state index contributed by atoms with van der Waals surface area (Å²) in [6.45, 7) is 1.76. The largest absolute Gasteiger partial charge is 0.347 e. The molecular formula is C23H29ClN4O2S. The number of piperidine rings is 1. The molecule has 1 aromatic heterocycles. The van der Waals surface area contributed by atoms with E-state index in [-0.39, 0.29) is 24.0 Å². The molecule has 0 bridgehead atoms. The molecule has 1 aliphatic heterocycles. The Labute approximate surface area is 192 Å². The smallest absolute Gasteiger partial charge is 0.319 e. The minimum atomic E-state index is -0.249. The molecule has 1 aliphatic carbocycles. The van der Waals surface area contributed by atoms with Crippen LogP contribution in [0.3, 0.4) is 0 Å². The molecule has 1 atom stereocenters. The van der Waals surface area contributed by atoms with E-state index in [2.05, 4.69) is 21.3 Å². The maximum absolute atomic E-state index is 13.1. The number of anilines is 1. The van der Waals surface area contributed by atoms with Crippen LogP contribution in [0, 0.1) is 0 Å². The molecule has 1 aromatic carbocycles. The first-order valence-corrected chi connectivity index (χ1v) is 12.3. The molecule has 8 heteroatoms. The molecule has 3 amide bonds. The summed E-state index contributed by atoms with van der Waals surface area (Å²) in [6.07, 6.45) is 7.54. The van der Waals surface area contributed by atoms with Gasteiger partial charge in [0.15, 0.2) is 0 Å². The monoisotopic (exact) mass is 460 g/mol. The molecule has 2 aliphatic rings. The van der Waals surface area contributed by atoms with Crippen molar-refractivity contribution in [2.45, 2.75) is 57.0 Å². The lowest BCUT2D eigenvalue weighted by Gasteiger charge is -2.24. The predicted molar refractivity (Wildman–Crippen MR) is 127 cm³/mol. The van der Waals surface area contributed by atoms with Crippen LogP contribution in [-0.4, -0.2) is 37.1 Å². The van der Waals surface area contributed by atoms with Gasteiger partial charge < -0.3 is 21.3 Å². The van der Waals surface area contributed by atoms with Crippen LogP contribution in [0.25, 0.3) is 10.4 Å². The molecule has 2 fully saturated rings. The van der Waals surface area contributed by atoms with Crippen molar-refractivity contribution in [3.05, 3.63) is 40.2 Å². The zero-order valence-corrected chi connectivity index (χ0v) is 19.1. The second-order valence-electron chi connectivity index (χ2n) is 8.31. The summed E-state index contributed by atoms with van der Waals surface area (Å²) < 4.78 is 0. The molecule has 2 heterocycles. The van der Waals surface area contributed by atoms with Crippen molar-refractivity contribution >= 4 is 40.6 Å². The van der Waals surface area contributed by atoms with Crippen LogP contribution in [0.1, 0.15) is 54.6 Å². The summed E-state index contributed by atoms with van der Waals surface area (Å²) in [4.78, 5) is 27.2. The summed E-state index contributed by atoms with van der Waals surface area (Å²) in [6, 6.07) is 9.43. The fourth-order valence-electron chi connectivity index (χ4n) is 4.23. The number of hydrogen-bond acceptors (Lipinski definition) is 4. The minimum Gasteiger partial charge on any atom is -0.347 e. The number of carbonyl (C=O) groups is 2. The van der Waals surface area contributed by atoms with Crippen molar-refractivity contribution in [3.63, 3.8) is 0 Å². The van der Waals surface area contributed by atoms with Gasteiger partial charge in [0.2, 0.25) is 0 Å². The maximum atomic E-state index is 13.1. The van der Waals surface area contributed by atoms with Crippen molar-refractivity contribution < 1.29 is 9.59 Å². The molecule has 2 aromatic rings. The molecule has 1 saturated carbocycles. The molecule has 4 rings (SSSR count). The molecular weight excluding hydrogens is 432 g/mol. The number of urea groups is 1. The van der Waals surface area contributed by atoms with Crippen molar-refractivity contribution in [2.24, 2.45) is 0 Å². The van der Waals surface area contributed by atoms with Crippen LogP contribution < -0.4 is 21.3 Å². The van der Waals surface area contributed by atoms with Gasteiger partial charge in [-0.05, 0) is 56.0 Å². The highest BCUT2D eigenvalue weighted by Crippen LogP contribution is 2.35. The summed E-state index contributed by atoms with van der Waals surface area (Å²) >= 11 is 7.41. The van der Waals surface area contributed by atoms with Crippen LogP contribution in [0.2, 0.25) is 5.02 Å². The summed E-state index contributed by atoms with van der Waals surface area (Å²) in [5, 5.41) is 13.1. The van der Waals surface area contributed by atoms with Crippen molar-refractivity contribution in [3.8, 4) is 10.4 Å². The zero-order valence-electron chi connectivity index (χ0n) is 17.5. The number of rotatable bonds is 5. The lowest BCUT2D eigenvalue weighted by atomic mass is 9.96. The van der Waals surface area contributed by atoms with E-state index in [4.69, 9.17) is 11.6 Å². The summed E-state index contributed by atoms with van der Waals surface area (Å²) in [7, 11) is 0. The highest BCUT2D eigenvalue weighted by atomic mass is 35.5. The second-order valence-corrected chi connectivity index (χ2v) is 9.80. The highest BCUT2D eigenvalue weighted by molar-refractivity contribution is 7.18. The Balaban J connectivity index is 1.52. The Morgan fingerprint density at radius 2 is 1.71 bits per heavy atom. The van der Waals surface area contributed by atoms with E-state index in [0.29, 0.717) is 15.6 Å². The number of benzene rings is 1. The topological polar surface area (TPSA) is 82.3 Å². The van der Waals surface area contributed by atoms with Gasteiger partial charge in [0.05, 0.1) is 5.69 Å². The third-order valence-electron chi connectivity index (χ3n) is 5.89. The number of nitrogens with one attached hydrogen (secondary N) is 4. The van der Waals surface area contributed by atoms with Gasteiger partial charge in [-0.3, -0.25) is 4.79 Å². The third kappa shape index (κ3) is 5.99. The first-order valence-electron chi connectivity index (χ1n) is 11.1. The Bertz CT molecular complexity index is 903. The van der Waals surface area contributed by atoms with Gasteiger partial charge >= 0.3 is 6.03 Å².